The Morgan fingerprint density at radius 1 is 1.31 bits per heavy atom. The van der Waals surface area contributed by atoms with Crippen LogP contribution in [0.5, 0.6) is 0 Å². The summed E-state index contributed by atoms with van der Waals surface area (Å²) in [5.74, 6) is -1.01. The fraction of sp³-hybridized carbons (Fsp3) is 0.167. The summed E-state index contributed by atoms with van der Waals surface area (Å²) in [5.41, 5.74) is 3.46. The van der Waals surface area contributed by atoms with E-state index >= 15 is 0 Å². The Bertz CT molecular complexity index is 544. The van der Waals surface area contributed by atoms with Crippen LogP contribution in [0.15, 0.2) is 24.3 Å². The van der Waals surface area contributed by atoms with Gasteiger partial charge in [-0.05, 0) is 25.0 Å². The molecule has 0 aliphatic carbocycles. The maximum absolute atomic E-state index is 11.0. The van der Waals surface area contributed by atoms with Gasteiger partial charge in [0.25, 0.3) is 0 Å². The van der Waals surface area contributed by atoms with Crippen molar-refractivity contribution in [2.45, 2.75) is 13.8 Å². The van der Waals surface area contributed by atoms with E-state index in [1.807, 2.05) is 38.1 Å². The van der Waals surface area contributed by atoms with Crippen molar-refractivity contribution in [1.82, 2.24) is 10.2 Å². The van der Waals surface area contributed by atoms with Crippen LogP contribution in [0.25, 0.3) is 11.1 Å². The lowest BCUT2D eigenvalue weighted by Crippen LogP contribution is -1.99. The van der Waals surface area contributed by atoms with Crippen LogP contribution in [0, 0.1) is 13.8 Å². The number of aromatic nitrogens is 2. The molecule has 4 nitrogen and oxygen atoms in total. The van der Waals surface area contributed by atoms with Crippen LogP contribution in [0.2, 0.25) is 0 Å². The molecule has 0 bridgehead atoms. The number of nitrogens with one attached hydrogen (secondary N) is 1. The number of rotatable bonds is 2. The Kier molecular flexibility index (Phi) is 2.48. The molecule has 0 spiro atoms. The van der Waals surface area contributed by atoms with E-state index in [4.69, 9.17) is 5.11 Å². The second-order valence-electron chi connectivity index (χ2n) is 3.69. The fourth-order valence-corrected chi connectivity index (χ4v) is 1.77. The zero-order valence-electron chi connectivity index (χ0n) is 9.11. The number of hydrogen-bond donors (Lipinski definition) is 2. The molecular weight excluding hydrogens is 204 g/mol. The first-order valence-electron chi connectivity index (χ1n) is 4.95. The molecular formula is C12H12N2O2. The predicted octanol–water partition coefficient (Wildman–Crippen LogP) is 2.39. The molecule has 4 heteroatoms. The molecule has 1 heterocycles. The molecule has 1 aromatic heterocycles. The number of carbonyl (C=O) groups is 1. The maximum Gasteiger partial charge on any atom is 0.357 e. The van der Waals surface area contributed by atoms with Crippen molar-refractivity contribution in [3.8, 4) is 11.1 Å². The summed E-state index contributed by atoms with van der Waals surface area (Å²) < 4.78 is 0. The van der Waals surface area contributed by atoms with E-state index in [1.54, 1.807) is 0 Å². The van der Waals surface area contributed by atoms with E-state index in [0.717, 1.165) is 16.8 Å². The van der Waals surface area contributed by atoms with E-state index in [1.165, 1.54) is 0 Å². The molecule has 0 aliphatic rings. The van der Waals surface area contributed by atoms with E-state index in [9.17, 15) is 4.79 Å². The minimum atomic E-state index is -1.01. The van der Waals surface area contributed by atoms with Gasteiger partial charge < -0.3 is 5.11 Å². The van der Waals surface area contributed by atoms with Gasteiger partial charge in [0, 0.05) is 11.3 Å². The first kappa shape index (κ1) is 10.4. The van der Waals surface area contributed by atoms with Gasteiger partial charge in [-0.2, -0.15) is 5.10 Å². The van der Waals surface area contributed by atoms with Gasteiger partial charge in [-0.15, -0.1) is 0 Å². The zero-order chi connectivity index (χ0) is 11.7. The lowest BCUT2D eigenvalue weighted by atomic mass is 9.99. The van der Waals surface area contributed by atoms with Crippen LogP contribution in [-0.2, 0) is 0 Å². The lowest BCUT2D eigenvalue weighted by molar-refractivity contribution is 0.0691. The molecule has 0 atom stereocenters. The van der Waals surface area contributed by atoms with Gasteiger partial charge in [0.05, 0.1) is 0 Å². The Balaban J connectivity index is 2.68. The summed E-state index contributed by atoms with van der Waals surface area (Å²) in [4.78, 5) is 11.0. The Labute approximate surface area is 92.9 Å². The molecule has 0 fully saturated rings. The van der Waals surface area contributed by atoms with Crippen LogP contribution >= 0.6 is 0 Å². The molecule has 0 unspecified atom stereocenters. The Morgan fingerprint density at radius 3 is 2.62 bits per heavy atom. The number of carboxylic acids is 1. The van der Waals surface area contributed by atoms with Crippen LogP contribution < -0.4 is 0 Å². The highest BCUT2D eigenvalue weighted by Gasteiger charge is 2.18. The van der Waals surface area contributed by atoms with E-state index in [2.05, 4.69) is 10.2 Å². The fourth-order valence-electron chi connectivity index (χ4n) is 1.77. The van der Waals surface area contributed by atoms with Crippen molar-refractivity contribution in [2.75, 3.05) is 0 Å². The molecule has 2 aromatic rings. The third-order valence-corrected chi connectivity index (χ3v) is 2.56. The van der Waals surface area contributed by atoms with Crippen molar-refractivity contribution >= 4 is 5.97 Å². The molecule has 16 heavy (non-hydrogen) atoms. The highest BCUT2D eigenvalue weighted by molar-refractivity contribution is 5.95. The van der Waals surface area contributed by atoms with Gasteiger partial charge in [-0.1, -0.05) is 24.3 Å². The summed E-state index contributed by atoms with van der Waals surface area (Å²) in [5, 5.41) is 15.6. The second-order valence-corrected chi connectivity index (χ2v) is 3.69. The van der Waals surface area contributed by atoms with Crippen molar-refractivity contribution in [1.29, 1.82) is 0 Å². The van der Waals surface area contributed by atoms with Crippen LogP contribution in [0.4, 0.5) is 0 Å². The van der Waals surface area contributed by atoms with Gasteiger partial charge >= 0.3 is 5.97 Å². The number of hydrogen-bond acceptors (Lipinski definition) is 2. The van der Waals surface area contributed by atoms with Crippen molar-refractivity contribution < 1.29 is 9.90 Å². The zero-order valence-corrected chi connectivity index (χ0v) is 9.11. The molecule has 0 saturated carbocycles. The van der Waals surface area contributed by atoms with Gasteiger partial charge in [0.2, 0.25) is 0 Å². The minimum absolute atomic E-state index is 0.0757. The number of carboxylic acid groups (broad SMARTS) is 1. The maximum atomic E-state index is 11.0. The summed E-state index contributed by atoms with van der Waals surface area (Å²) in [6.45, 7) is 3.77. The molecule has 0 amide bonds. The number of nitrogens with zero attached hydrogens (tertiary/aromatic N) is 1. The average Bonchev–Trinajstić information content (AvgIpc) is 2.61. The van der Waals surface area contributed by atoms with Crippen molar-refractivity contribution in [3.63, 3.8) is 0 Å². The molecule has 0 saturated heterocycles. The summed E-state index contributed by atoms with van der Waals surface area (Å²) in [6, 6.07) is 7.67. The topological polar surface area (TPSA) is 66.0 Å². The normalized spacial score (nSPS) is 10.4. The van der Waals surface area contributed by atoms with Crippen LogP contribution in [-0.4, -0.2) is 21.3 Å². The van der Waals surface area contributed by atoms with E-state index < -0.39 is 5.97 Å². The van der Waals surface area contributed by atoms with Crippen molar-refractivity contribution in [3.05, 3.63) is 41.2 Å². The average molecular weight is 216 g/mol. The molecule has 2 N–H and O–H groups in total. The summed E-state index contributed by atoms with van der Waals surface area (Å²) in [6.07, 6.45) is 0. The first-order chi connectivity index (χ1) is 7.61. The quantitative estimate of drug-likeness (QED) is 0.810. The lowest BCUT2D eigenvalue weighted by Gasteiger charge is -2.05. The van der Waals surface area contributed by atoms with Gasteiger partial charge in [0.1, 0.15) is 0 Å². The number of H-pyrrole nitrogens is 1. The predicted molar refractivity (Wildman–Crippen MR) is 60.5 cm³/mol. The number of aryl methyl sites for hydroxylation is 2. The van der Waals surface area contributed by atoms with Gasteiger partial charge in [-0.25, -0.2) is 4.79 Å². The van der Waals surface area contributed by atoms with Crippen LogP contribution in [0.1, 0.15) is 21.7 Å². The molecule has 1 aromatic carbocycles. The molecule has 82 valence electrons. The number of aromatic carboxylic acids is 1. The van der Waals surface area contributed by atoms with Gasteiger partial charge in [0.15, 0.2) is 5.69 Å². The highest BCUT2D eigenvalue weighted by Crippen LogP contribution is 2.28. The van der Waals surface area contributed by atoms with Gasteiger partial charge in [-0.3, -0.25) is 5.10 Å². The molecule has 0 radical (unpaired) electrons. The monoisotopic (exact) mass is 216 g/mol. The minimum Gasteiger partial charge on any atom is -0.476 e. The van der Waals surface area contributed by atoms with E-state index in [0.29, 0.717) is 5.56 Å². The Morgan fingerprint density at radius 2 is 2.00 bits per heavy atom. The standard InChI is InChI=1S/C12H12N2O2/c1-7-5-3-4-6-9(7)10-8(2)13-14-11(10)12(15)16/h3-6H,1-2H3,(H,13,14)(H,15,16). The smallest absolute Gasteiger partial charge is 0.357 e. The third kappa shape index (κ3) is 1.58. The second kappa shape index (κ2) is 3.81. The Hall–Kier alpha value is -2.10. The molecule has 0 aliphatic heterocycles. The number of aromatic amines is 1. The highest BCUT2D eigenvalue weighted by atomic mass is 16.4. The largest absolute Gasteiger partial charge is 0.476 e. The van der Waals surface area contributed by atoms with Crippen molar-refractivity contribution in [2.24, 2.45) is 0 Å². The number of benzene rings is 1. The van der Waals surface area contributed by atoms with E-state index in [-0.39, 0.29) is 5.69 Å². The van der Waals surface area contributed by atoms with Crippen LogP contribution in [0.3, 0.4) is 0 Å². The third-order valence-electron chi connectivity index (χ3n) is 2.56. The summed E-state index contributed by atoms with van der Waals surface area (Å²) >= 11 is 0. The summed E-state index contributed by atoms with van der Waals surface area (Å²) in [7, 11) is 0. The SMILES string of the molecule is Cc1ccccc1-c1c(C(=O)O)n[nH]c1C. The first-order valence-corrected chi connectivity index (χ1v) is 4.95. The molecule has 2 rings (SSSR count).